The van der Waals surface area contributed by atoms with Gasteiger partial charge in [-0.3, -0.25) is 4.55 Å². The molecule has 0 aliphatic heterocycles. The molecule has 0 fully saturated rings. The van der Waals surface area contributed by atoms with Crippen LogP contribution in [0.1, 0.15) is 5.56 Å². The monoisotopic (exact) mass is 201 g/mol. The van der Waals surface area contributed by atoms with Crippen molar-refractivity contribution in [2.24, 2.45) is 5.16 Å². The summed E-state index contributed by atoms with van der Waals surface area (Å²) in [6.07, 6.45) is 1.15. The SMILES string of the molecule is O=S(=O)(O)c1ccc(C=NO)cc1. The molecule has 5 nitrogen and oxygen atoms in total. The molecular formula is C7H7NO4S. The van der Waals surface area contributed by atoms with Gasteiger partial charge < -0.3 is 5.21 Å². The average molecular weight is 201 g/mol. The molecule has 0 bridgehead atoms. The molecule has 0 spiro atoms. The highest BCUT2D eigenvalue weighted by Crippen LogP contribution is 2.08. The first-order chi connectivity index (χ1) is 6.04. The van der Waals surface area contributed by atoms with Gasteiger partial charge in [0, 0.05) is 0 Å². The van der Waals surface area contributed by atoms with Crippen molar-refractivity contribution in [1.82, 2.24) is 0 Å². The summed E-state index contributed by atoms with van der Waals surface area (Å²) in [7, 11) is -4.14. The molecule has 70 valence electrons. The Morgan fingerprint density at radius 2 is 1.77 bits per heavy atom. The van der Waals surface area contributed by atoms with E-state index in [0.717, 1.165) is 6.21 Å². The Hall–Kier alpha value is -1.40. The van der Waals surface area contributed by atoms with E-state index in [1.54, 1.807) is 0 Å². The Morgan fingerprint density at radius 3 is 2.15 bits per heavy atom. The summed E-state index contributed by atoms with van der Waals surface area (Å²) >= 11 is 0. The van der Waals surface area contributed by atoms with Crippen LogP contribution in [0.4, 0.5) is 0 Å². The number of hydrogen-bond acceptors (Lipinski definition) is 4. The van der Waals surface area contributed by atoms with Crippen molar-refractivity contribution in [2.75, 3.05) is 0 Å². The van der Waals surface area contributed by atoms with E-state index in [9.17, 15) is 8.42 Å². The maximum absolute atomic E-state index is 10.6. The Kier molecular flexibility index (Phi) is 2.64. The molecule has 1 aromatic rings. The van der Waals surface area contributed by atoms with Crippen LogP contribution in [0.25, 0.3) is 0 Å². The fraction of sp³-hybridized carbons (Fsp3) is 0. The minimum absolute atomic E-state index is 0.192. The number of rotatable bonds is 2. The van der Waals surface area contributed by atoms with Crippen LogP contribution in [0.3, 0.4) is 0 Å². The summed E-state index contributed by atoms with van der Waals surface area (Å²) in [4.78, 5) is -0.192. The third-order valence-electron chi connectivity index (χ3n) is 1.38. The second kappa shape index (κ2) is 3.55. The Morgan fingerprint density at radius 1 is 1.23 bits per heavy atom. The van der Waals surface area contributed by atoms with Gasteiger partial charge in [-0.15, -0.1) is 0 Å². The summed E-state index contributed by atoms with van der Waals surface area (Å²) < 4.78 is 29.7. The normalized spacial score (nSPS) is 12.1. The van der Waals surface area contributed by atoms with E-state index in [2.05, 4.69) is 5.16 Å². The summed E-state index contributed by atoms with van der Waals surface area (Å²) in [5.41, 5.74) is 0.537. The van der Waals surface area contributed by atoms with Gasteiger partial charge in [-0.05, 0) is 17.7 Å². The van der Waals surface area contributed by atoms with Crippen molar-refractivity contribution in [2.45, 2.75) is 4.90 Å². The first-order valence-corrected chi connectivity index (χ1v) is 4.73. The highest BCUT2D eigenvalue weighted by molar-refractivity contribution is 7.85. The highest BCUT2D eigenvalue weighted by atomic mass is 32.2. The van der Waals surface area contributed by atoms with Gasteiger partial charge in [-0.25, -0.2) is 0 Å². The van der Waals surface area contributed by atoms with Crippen LogP contribution >= 0.6 is 0 Å². The second-order valence-corrected chi connectivity index (χ2v) is 3.71. The van der Waals surface area contributed by atoms with Gasteiger partial charge in [0.05, 0.1) is 11.1 Å². The van der Waals surface area contributed by atoms with Crippen LogP contribution in [0.2, 0.25) is 0 Å². The standard InChI is InChI=1S/C7H7NO4S/c9-8-5-6-1-3-7(4-2-6)13(10,11)12/h1-5,9H,(H,10,11,12). The van der Waals surface area contributed by atoms with Crippen LogP contribution in [-0.2, 0) is 10.1 Å². The molecule has 2 N–H and O–H groups in total. The zero-order valence-corrected chi connectivity index (χ0v) is 7.27. The van der Waals surface area contributed by atoms with Gasteiger partial charge in [0.2, 0.25) is 0 Å². The number of oxime groups is 1. The third-order valence-corrected chi connectivity index (χ3v) is 2.25. The van der Waals surface area contributed by atoms with E-state index >= 15 is 0 Å². The van der Waals surface area contributed by atoms with Crippen molar-refractivity contribution in [3.63, 3.8) is 0 Å². The summed E-state index contributed by atoms with van der Waals surface area (Å²) in [6.45, 7) is 0. The van der Waals surface area contributed by atoms with Gasteiger partial charge in [-0.2, -0.15) is 8.42 Å². The molecule has 13 heavy (non-hydrogen) atoms. The molecular weight excluding hydrogens is 194 g/mol. The fourth-order valence-corrected chi connectivity index (χ4v) is 1.27. The minimum atomic E-state index is -4.14. The molecule has 0 amide bonds. The quantitative estimate of drug-likeness (QED) is 0.320. The Labute approximate surface area is 75.1 Å². The van der Waals surface area contributed by atoms with Crippen molar-refractivity contribution in [3.05, 3.63) is 29.8 Å². The molecule has 0 saturated carbocycles. The topological polar surface area (TPSA) is 87.0 Å². The molecule has 1 aromatic carbocycles. The Balaban J connectivity index is 3.08. The van der Waals surface area contributed by atoms with Crippen molar-refractivity contribution in [3.8, 4) is 0 Å². The average Bonchev–Trinajstić information content (AvgIpc) is 2.04. The smallest absolute Gasteiger partial charge is 0.294 e. The van der Waals surface area contributed by atoms with Crippen LogP contribution in [0.15, 0.2) is 34.3 Å². The molecule has 6 heteroatoms. The molecule has 0 aliphatic carbocycles. The summed E-state index contributed by atoms with van der Waals surface area (Å²) in [6, 6.07) is 5.24. The van der Waals surface area contributed by atoms with E-state index in [-0.39, 0.29) is 4.90 Å². The van der Waals surface area contributed by atoms with E-state index in [0.29, 0.717) is 5.56 Å². The van der Waals surface area contributed by atoms with Gasteiger partial charge in [0.1, 0.15) is 0 Å². The zero-order valence-electron chi connectivity index (χ0n) is 6.45. The van der Waals surface area contributed by atoms with Crippen molar-refractivity contribution >= 4 is 16.3 Å². The summed E-state index contributed by atoms with van der Waals surface area (Å²) in [5.74, 6) is 0. The maximum Gasteiger partial charge on any atom is 0.294 e. The molecule has 0 aromatic heterocycles. The Bertz CT molecular complexity index is 407. The molecule has 0 aliphatic rings. The second-order valence-electron chi connectivity index (χ2n) is 2.29. The lowest BCUT2D eigenvalue weighted by Gasteiger charge is -1.96. The summed E-state index contributed by atoms with van der Waals surface area (Å²) in [5, 5.41) is 10.9. The van der Waals surface area contributed by atoms with Crippen molar-refractivity contribution in [1.29, 1.82) is 0 Å². The van der Waals surface area contributed by atoms with E-state index in [4.69, 9.17) is 9.76 Å². The van der Waals surface area contributed by atoms with Crippen LogP contribution in [0, 0.1) is 0 Å². The first kappa shape index (κ1) is 9.69. The fourth-order valence-electron chi connectivity index (χ4n) is 0.793. The third kappa shape index (κ3) is 2.53. The van der Waals surface area contributed by atoms with Gasteiger partial charge in [0.25, 0.3) is 10.1 Å². The lowest BCUT2D eigenvalue weighted by Crippen LogP contribution is -1.97. The van der Waals surface area contributed by atoms with Gasteiger partial charge in [0.15, 0.2) is 0 Å². The van der Waals surface area contributed by atoms with Crippen LogP contribution in [0.5, 0.6) is 0 Å². The van der Waals surface area contributed by atoms with Crippen molar-refractivity contribution < 1.29 is 18.2 Å². The molecule has 0 radical (unpaired) electrons. The molecule has 0 saturated heterocycles. The lowest BCUT2D eigenvalue weighted by atomic mass is 10.2. The first-order valence-electron chi connectivity index (χ1n) is 3.29. The minimum Gasteiger partial charge on any atom is -0.411 e. The maximum atomic E-state index is 10.6. The lowest BCUT2D eigenvalue weighted by molar-refractivity contribution is 0.322. The van der Waals surface area contributed by atoms with Gasteiger partial charge >= 0.3 is 0 Å². The number of nitrogens with zero attached hydrogens (tertiary/aromatic N) is 1. The highest BCUT2D eigenvalue weighted by Gasteiger charge is 2.07. The molecule has 0 unspecified atom stereocenters. The largest absolute Gasteiger partial charge is 0.411 e. The van der Waals surface area contributed by atoms with Gasteiger partial charge in [-0.1, -0.05) is 17.3 Å². The molecule has 1 rings (SSSR count). The predicted octanol–water partition coefficient (Wildman–Crippen LogP) is 0.741. The molecule has 0 heterocycles. The molecule has 0 atom stereocenters. The van der Waals surface area contributed by atoms with Crippen LogP contribution < -0.4 is 0 Å². The number of hydrogen-bond donors (Lipinski definition) is 2. The van der Waals surface area contributed by atoms with Crippen LogP contribution in [-0.4, -0.2) is 24.4 Å². The predicted molar refractivity (Wildman–Crippen MR) is 45.6 cm³/mol. The van der Waals surface area contributed by atoms with E-state index in [1.807, 2.05) is 0 Å². The zero-order chi connectivity index (χ0) is 9.90. The van der Waals surface area contributed by atoms with E-state index < -0.39 is 10.1 Å². The number of benzene rings is 1. The van der Waals surface area contributed by atoms with E-state index in [1.165, 1.54) is 24.3 Å².